The molecule has 0 aliphatic carbocycles. The smallest absolute Gasteiger partial charge is 0.269 e. The summed E-state index contributed by atoms with van der Waals surface area (Å²) < 4.78 is 6.83. The highest BCUT2D eigenvalue weighted by atomic mass is 32.1. The lowest BCUT2D eigenvalue weighted by Gasteiger charge is -2.03. The lowest BCUT2D eigenvalue weighted by atomic mass is 10.1. The number of rotatable bonds is 6. The molecular weight excluding hydrogens is 310 g/mol. The number of fused-ring (bicyclic) bond motifs is 1. The maximum Gasteiger partial charge on any atom is 0.269 e. The molecule has 120 valence electrons. The van der Waals surface area contributed by atoms with Crippen LogP contribution in [0.3, 0.4) is 0 Å². The van der Waals surface area contributed by atoms with Crippen molar-refractivity contribution >= 4 is 22.2 Å². The van der Waals surface area contributed by atoms with Crippen molar-refractivity contribution in [3.63, 3.8) is 0 Å². The summed E-state index contributed by atoms with van der Waals surface area (Å²) in [4.78, 5) is 17.7. The number of amides is 1. The van der Waals surface area contributed by atoms with Crippen molar-refractivity contribution in [3.8, 4) is 11.3 Å². The molecule has 0 fully saturated rings. The predicted molar refractivity (Wildman–Crippen MR) is 92.1 cm³/mol. The van der Waals surface area contributed by atoms with E-state index in [0.717, 1.165) is 22.6 Å². The Balaban J connectivity index is 1.80. The summed E-state index contributed by atoms with van der Waals surface area (Å²) in [6, 6.07) is 8.22. The van der Waals surface area contributed by atoms with Gasteiger partial charge in [-0.15, -0.1) is 11.3 Å². The van der Waals surface area contributed by atoms with E-state index in [2.05, 4.69) is 29.4 Å². The number of carbonyl (C=O) groups excluding carboxylic acids is 1. The van der Waals surface area contributed by atoms with Gasteiger partial charge in [0.25, 0.3) is 5.91 Å². The second kappa shape index (κ2) is 6.93. The molecule has 23 heavy (non-hydrogen) atoms. The third-order valence-corrected chi connectivity index (χ3v) is 4.44. The number of thiazole rings is 1. The topological polar surface area (TPSA) is 55.6 Å². The molecule has 0 atom stereocenters. The molecule has 2 aromatic heterocycles. The van der Waals surface area contributed by atoms with Crippen LogP contribution in [0.4, 0.5) is 0 Å². The molecule has 0 aliphatic heterocycles. The molecule has 5 nitrogen and oxygen atoms in total. The summed E-state index contributed by atoms with van der Waals surface area (Å²) in [5.74, 6) is -0.0831. The molecule has 0 spiro atoms. The van der Waals surface area contributed by atoms with Crippen LogP contribution in [0.1, 0.15) is 22.5 Å². The fourth-order valence-corrected chi connectivity index (χ4v) is 3.17. The van der Waals surface area contributed by atoms with Gasteiger partial charge in [-0.3, -0.25) is 9.20 Å². The third-order valence-electron chi connectivity index (χ3n) is 3.60. The first kappa shape index (κ1) is 15.7. The molecule has 0 saturated carbocycles. The monoisotopic (exact) mass is 329 g/mol. The van der Waals surface area contributed by atoms with E-state index < -0.39 is 0 Å². The highest BCUT2D eigenvalue weighted by Crippen LogP contribution is 2.24. The van der Waals surface area contributed by atoms with Gasteiger partial charge in [-0.2, -0.15) is 0 Å². The number of nitrogens with zero attached hydrogens (tertiary/aromatic N) is 2. The van der Waals surface area contributed by atoms with Gasteiger partial charge >= 0.3 is 0 Å². The quantitative estimate of drug-likeness (QED) is 0.707. The third kappa shape index (κ3) is 3.43. The van der Waals surface area contributed by atoms with E-state index in [1.54, 1.807) is 7.11 Å². The summed E-state index contributed by atoms with van der Waals surface area (Å²) >= 11 is 1.47. The Bertz CT molecular complexity index is 805. The zero-order chi connectivity index (χ0) is 16.2. The SMILES string of the molecule is COCCCNC(=O)c1csc2nc(-c3ccc(C)cc3)cn12. The molecule has 0 saturated heterocycles. The zero-order valence-corrected chi connectivity index (χ0v) is 14.0. The van der Waals surface area contributed by atoms with E-state index >= 15 is 0 Å². The van der Waals surface area contributed by atoms with Crippen molar-refractivity contribution in [3.05, 3.63) is 47.1 Å². The van der Waals surface area contributed by atoms with Gasteiger partial charge in [-0.1, -0.05) is 29.8 Å². The molecular formula is C17H19N3O2S. The molecule has 0 aliphatic rings. The van der Waals surface area contributed by atoms with E-state index in [-0.39, 0.29) is 5.91 Å². The standard InChI is InChI=1S/C17H19N3O2S/c1-12-4-6-13(7-5-12)14-10-20-15(11-23-17(20)19-14)16(21)18-8-3-9-22-2/h4-7,10-11H,3,8-9H2,1-2H3,(H,18,21). The van der Waals surface area contributed by atoms with Gasteiger partial charge < -0.3 is 10.1 Å². The molecule has 2 heterocycles. The van der Waals surface area contributed by atoms with Crippen LogP contribution >= 0.6 is 11.3 Å². The molecule has 1 N–H and O–H groups in total. The van der Waals surface area contributed by atoms with Gasteiger partial charge in [0.1, 0.15) is 5.69 Å². The van der Waals surface area contributed by atoms with Crippen LogP contribution in [-0.2, 0) is 4.74 Å². The molecule has 6 heteroatoms. The van der Waals surface area contributed by atoms with Crippen LogP contribution < -0.4 is 5.32 Å². The van der Waals surface area contributed by atoms with Crippen LogP contribution in [0.25, 0.3) is 16.2 Å². The van der Waals surface area contributed by atoms with Crippen molar-refractivity contribution in [2.75, 3.05) is 20.3 Å². The second-order valence-electron chi connectivity index (χ2n) is 5.37. The first-order valence-corrected chi connectivity index (χ1v) is 8.38. The minimum absolute atomic E-state index is 0.0831. The fraction of sp³-hybridized carbons (Fsp3) is 0.294. The number of methoxy groups -OCH3 is 1. The number of benzene rings is 1. The van der Waals surface area contributed by atoms with Crippen LogP contribution in [0.15, 0.2) is 35.8 Å². The van der Waals surface area contributed by atoms with Gasteiger partial charge in [0.15, 0.2) is 4.96 Å². The van der Waals surface area contributed by atoms with Gasteiger partial charge in [-0.05, 0) is 13.3 Å². The van der Waals surface area contributed by atoms with E-state index in [9.17, 15) is 4.79 Å². The Hall–Kier alpha value is -2.18. The normalized spacial score (nSPS) is 11.0. The Morgan fingerprint density at radius 2 is 2.13 bits per heavy atom. The summed E-state index contributed by atoms with van der Waals surface area (Å²) in [6.45, 7) is 3.30. The summed E-state index contributed by atoms with van der Waals surface area (Å²) in [5.41, 5.74) is 3.77. The first-order valence-electron chi connectivity index (χ1n) is 7.50. The minimum atomic E-state index is -0.0831. The second-order valence-corrected chi connectivity index (χ2v) is 6.20. The number of aryl methyl sites for hydroxylation is 1. The van der Waals surface area contributed by atoms with Gasteiger partial charge in [0, 0.05) is 37.4 Å². The molecule has 0 radical (unpaired) electrons. The number of ether oxygens (including phenoxy) is 1. The highest BCUT2D eigenvalue weighted by molar-refractivity contribution is 7.15. The fourth-order valence-electron chi connectivity index (χ4n) is 2.32. The lowest BCUT2D eigenvalue weighted by molar-refractivity contribution is 0.0943. The molecule has 0 bridgehead atoms. The number of imidazole rings is 1. The molecule has 1 amide bonds. The molecule has 1 aromatic carbocycles. The first-order chi connectivity index (χ1) is 11.2. The number of carbonyl (C=O) groups is 1. The van der Waals surface area contributed by atoms with E-state index in [1.807, 2.05) is 28.1 Å². The molecule has 3 rings (SSSR count). The van der Waals surface area contributed by atoms with Gasteiger partial charge in [0.2, 0.25) is 0 Å². The Kier molecular flexibility index (Phi) is 4.73. The van der Waals surface area contributed by atoms with Crippen molar-refractivity contribution in [1.29, 1.82) is 0 Å². The number of aromatic nitrogens is 2. The van der Waals surface area contributed by atoms with Gasteiger partial charge in [0.05, 0.1) is 5.69 Å². The highest BCUT2D eigenvalue weighted by Gasteiger charge is 2.14. The van der Waals surface area contributed by atoms with Crippen molar-refractivity contribution in [2.24, 2.45) is 0 Å². The maximum atomic E-state index is 12.3. The average molecular weight is 329 g/mol. The largest absolute Gasteiger partial charge is 0.385 e. The number of nitrogens with one attached hydrogen (secondary N) is 1. The van der Waals surface area contributed by atoms with Gasteiger partial charge in [-0.25, -0.2) is 4.98 Å². The molecule has 0 unspecified atom stereocenters. The Morgan fingerprint density at radius 3 is 2.87 bits per heavy atom. The minimum Gasteiger partial charge on any atom is -0.385 e. The van der Waals surface area contributed by atoms with E-state index in [4.69, 9.17) is 4.74 Å². The van der Waals surface area contributed by atoms with Crippen LogP contribution in [-0.4, -0.2) is 35.6 Å². The van der Waals surface area contributed by atoms with Crippen molar-refractivity contribution in [1.82, 2.24) is 14.7 Å². The van der Waals surface area contributed by atoms with Crippen LogP contribution in [0, 0.1) is 6.92 Å². The Morgan fingerprint density at radius 1 is 1.35 bits per heavy atom. The Labute approximate surface area is 138 Å². The maximum absolute atomic E-state index is 12.3. The van der Waals surface area contributed by atoms with Crippen molar-refractivity contribution in [2.45, 2.75) is 13.3 Å². The van der Waals surface area contributed by atoms with Crippen LogP contribution in [0.5, 0.6) is 0 Å². The van der Waals surface area contributed by atoms with Crippen molar-refractivity contribution < 1.29 is 9.53 Å². The predicted octanol–water partition coefficient (Wildman–Crippen LogP) is 3.14. The number of hydrogen-bond donors (Lipinski definition) is 1. The summed E-state index contributed by atoms with van der Waals surface area (Å²) in [6.07, 6.45) is 2.72. The van der Waals surface area contributed by atoms with E-state index in [1.165, 1.54) is 16.9 Å². The van der Waals surface area contributed by atoms with E-state index in [0.29, 0.717) is 18.8 Å². The summed E-state index contributed by atoms with van der Waals surface area (Å²) in [7, 11) is 1.66. The number of hydrogen-bond acceptors (Lipinski definition) is 4. The lowest BCUT2D eigenvalue weighted by Crippen LogP contribution is -2.26. The summed E-state index contributed by atoms with van der Waals surface area (Å²) in [5, 5.41) is 4.75. The van der Waals surface area contributed by atoms with Crippen LogP contribution in [0.2, 0.25) is 0 Å². The average Bonchev–Trinajstić information content (AvgIpc) is 3.12. The molecule has 3 aromatic rings. The zero-order valence-electron chi connectivity index (χ0n) is 13.2.